The summed E-state index contributed by atoms with van der Waals surface area (Å²) < 4.78 is 31.3. The molecule has 0 saturated heterocycles. The molecule has 5 nitrogen and oxygen atoms in total. The number of carbonyl (C=O) groups excluding carboxylic acids is 1. The van der Waals surface area contributed by atoms with Crippen LogP contribution >= 0.6 is 12.2 Å². The minimum Gasteiger partial charge on any atom is -0.466 e. The number of carbonyl (C=O) groups is 1. The predicted octanol–water partition coefficient (Wildman–Crippen LogP) is 2.33. The van der Waals surface area contributed by atoms with Crippen LogP contribution in [0.4, 0.5) is 0 Å². The third-order valence-electron chi connectivity index (χ3n) is 2.68. The van der Waals surface area contributed by atoms with E-state index in [0.29, 0.717) is 25.9 Å². The quantitative estimate of drug-likeness (QED) is 0.472. The van der Waals surface area contributed by atoms with Crippen LogP contribution in [0.2, 0.25) is 0 Å². The largest absolute Gasteiger partial charge is 0.466 e. The van der Waals surface area contributed by atoms with Gasteiger partial charge in [-0.2, -0.15) is 0 Å². The van der Waals surface area contributed by atoms with Gasteiger partial charge in [0, 0.05) is 6.92 Å². The molecule has 0 fully saturated rings. The molecule has 0 atom stereocenters. The van der Waals surface area contributed by atoms with E-state index in [1.165, 1.54) is 6.92 Å². The highest BCUT2D eigenvalue weighted by molar-refractivity contribution is 7.91. The van der Waals surface area contributed by atoms with Gasteiger partial charge in [0.05, 0.1) is 16.5 Å². The summed E-state index contributed by atoms with van der Waals surface area (Å²) in [5, 5.41) is 0. The van der Waals surface area contributed by atoms with Crippen LogP contribution in [0.3, 0.4) is 0 Å². The van der Waals surface area contributed by atoms with Gasteiger partial charge in [-0.15, -0.1) is 0 Å². The third kappa shape index (κ3) is 6.68. The van der Waals surface area contributed by atoms with Gasteiger partial charge >= 0.3 is 5.97 Å². The predicted molar refractivity (Wildman–Crippen MR) is 84.6 cm³/mol. The molecule has 0 saturated carbocycles. The zero-order valence-electron chi connectivity index (χ0n) is 12.1. The lowest BCUT2D eigenvalue weighted by Gasteiger charge is -2.09. The number of sulfonamides is 1. The molecule has 0 heterocycles. The topological polar surface area (TPSA) is 72.5 Å². The van der Waals surface area contributed by atoms with Crippen molar-refractivity contribution in [3.8, 4) is 0 Å². The fourth-order valence-electron chi connectivity index (χ4n) is 1.58. The number of hydrogen-bond acceptors (Lipinski definition) is 5. The maximum absolute atomic E-state index is 12.1. The van der Waals surface area contributed by atoms with Crippen LogP contribution in [0, 0.1) is 6.92 Å². The third-order valence-corrected chi connectivity index (χ3v) is 4.53. The summed E-state index contributed by atoms with van der Waals surface area (Å²) >= 11 is 5.03. The highest BCUT2D eigenvalue weighted by Gasteiger charge is 2.14. The SMILES string of the molecule is CC(=O)OCCCCC(=S)NS(=O)(=O)c1ccc(C)cc1. The van der Waals surface area contributed by atoms with E-state index in [0.717, 1.165) is 5.56 Å². The van der Waals surface area contributed by atoms with Crippen molar-refractivity contribution in [2.75, 3.05) is 6.61 Å². The van der Waals surface area contributed by atoms with E-state index in [1.807, 2.05) is 6.92 Å². The number of thiocarbonyl (C=S) groups is 1. The van der Waals surface area contributed by atoms with E-state index in [2.05, 4.69) is 4.72 Å². The fraction of sp³-hybridized carbons (Fsp3) is 0.429. The summed E-state index contributed by atoms with van der Waals surface area (Å²) in [7, 11) is -3.61. The summed E-state index contributed by atoms with van der Waals surface area (Å²) in [6.07, 6.45) is 1.73. The van der Waals surface area contributed by atoms with Gasteiger partial charge in [-0.3, -0.25) is 9.52 Å². The van der Waals surface area contributed by atoms with Gasteiger partial charge in [0.15, 0.2) is 0 Å². The molecule has 1 aromatic rings. The molecule has 1 N–H and O–H groups in total. The molecule has 0 spiro atoms. The Morgan fingerprint density at radius 2 is 1.86 bits per heavy atom. The molecule has 0 aromatic heterocycles. The average Bonchev–Trinajstić information content (AvgIpc) is 2.37. The van der Waals surface area contributed by atoms with Crippen LogP contribution in [0.1, 0.15) is 31.7 Å². The smallest absolute Gasteiger partial charge is 0.302 e. The molecule has 7 heteroatoms. The molecular weight excluding hydrogens is 310 g/mol. The maximum Gasteiger partial charge on any atom is 0.302 e. The van der Waals surface area contributed by atoms with Gasteiger partial charge in [-0.05, 0) is 38.3 Å². The minimum atomic E-state index is -3.61. The number of nitrogens with one attached hydrogen (secondary N) is 1. The van der Waals surface area contributed by atoms with Crippen molar-refractivity contribution < 1.29 is 17.9 Å². The van der Waals surface area contributed by atoms with Crippen LogP contribution in [-0.4, -0.2) is 26.0 Å². The van der Waals surface area contributed by atoms with E-state index in [-0.39, 0.29) is 15.9 Å². The van der Waals surface area contributed by atoms with Crippen LogP contribution in [0.5, 0.6) is 0 Å². The minimum absolute atomic E-state index is 0.190. The Morgan fingerprint density at radius 3 is 2.43 bits per heavy atom. The zero-order chi connectivity index (χ0) is 15.9. The summed E-state index contributed by atoms with van der Waals surface area (Å²) in [5.41, 5.74) is 0.988. The lowest BCUT2D eigenvalue weighted by Crippen LogP contribution is -2.29. The first kappa shape index (κ1) is 17.6. The second-order valence-corrected chi connectivity index (χ2v) is 6.81. The monoisotopic (exact) mass is 329 g/mol. The van der Waals surface area contributed by atoms with E-state index in [4.69, 9.17) is 17.0 Å². The lowest BCUT2D eigenvalue weighted by molar-refractivity contribution is -0.141. The molecule has 0 aliphatic heterocycles. The van der Waals surface area contributed by atoms with Crippen molar-refractivity contribution in [1.29, 1.82) is 0 Å². The van der Waals surface area contributed by atoms with E-state index < -0.39 is 10.0 Å². The van der Waals surface area contributed by atoms with Gasteiger partial charge in [-0.1, -0.05) is 29.9 Å². The van der Waals surface area contributed by atoms with Gasteiger partial charge in [-0.25, -0.2) is 8.42 Å². The summed E-state index contributed by atoms with van der Waals surface area (Å²) in [6.45, 7) is 3.56. The molecule has 0 radical (unpaired) electrons. The van der Waals surface area contributed by atoms with Crippen molar-refractivity contribution in [3.63, 3.8) is 0 Å². The number of hydrogen-bond donors (Lipinski definition) is 1. The molecule has 1 aromatic carbocycles. The van der Waals surface area contributed by atoms with Crippen molar-refractivity contribution in [2.45, 2.75) is 38.0 Å². The Balaban J connectivity index is 2.43. The molecule has 0 bridgehead atoms. The molecular formula is C14H19NO4S2. The highest BCUT2D eigenvalue weighted by atomic mass is 32.2. The van der Waals surface area contributed by atoms with Crippen molar-refractivity contribution in [1.82, 2.24) is 4.72 Å². The summed E-state index contributed by atoms with van der Waals surface area (Å²) in [6, 6.07) is 6.55. The van der Waals surface area contributed by atoms with Crippen LogP contribution in [-0.2, 0) is 19.6 Å². The number of unbranched alkanes of at least 4 members (excludes halogenated alkanes) is 1. The first-order chi connectivity index (χ1) is 9.81. The van der Waals surface area contributed by atoms with Gasteiger partial charge < -0.3 is 4.74 Å². The van der Waals surface area contributed by atoms with E-state index in [1.54, 1.807) is 24.3 Å². The first-order valence-electron chi connectivity index (χ1n) is 6.57. The fourth-order valence-corrected chi connectivity index (χ4v) is 3.07. The normalized spacial score (nSPS) is 11.0. The molecule has 0 aliphatic carbocycles. The van der Waals surface area contributed by atoms with Crippen LogP contribution < -0.4 is 4.72 Å². The van der Waals surface area contributed by atoms with Gasteiger partial charge in [0.1, 0.15) is 0 Å². The Kier molecular flexibility index (Phi) is 6.77. The molecule has 21 heavy (non-hydrogen) atoms. The number of esters is 1. The molecule has 1 rings (SSSR count). The lowest BCUT2D eigenvalue weighted by atomic mass is 10.2. The van der Waals surface area contributed by atoms with Gasteiger partial charge in [0.2, 0.25) is 0 Å². The van der Waals surface area contributed by atoms with Crippen molar-refractivity contribution >= 4 is 33.2 Å². The molecule has 0 aliphatic rings. The number of benzene rings is 1. The number of rotatable bonds is 7. The Bertz CT molecular complexity index is 594. The first-order valence-corrected chi connectivity index (χ1v) is 8.46. The molecule has 0 unspecified atom stereocenters. The Morgan fingerprint density at radius 1 is 1.24 bits per heavy atom. The van der Waals surface area contributed by atoms with Crippen LogP contribution in [0.15, 0.2) is 29.2 Å². The zero-order valence-corrected chi connectivity index (χ0v) is 13.7. The van der Waals surface area contributed by atoms with Crippen molar-refractivity contribution in [3.05, 3.63) is 29.8 Å². The second kappa shape index (κ2) is 8.09. The second-order valence-electron chi connectivity index (χ2n) is 4.64. The highest BCUT2D eigenvalue weighted by Crippen LogP contribution is 2.10. The van der Waals surface area contributed by atoms with Crippen molar-refractivity contribution in [2.24, 2.45) is 0 Å². The van der Waals surface area contributed by atoms with E-state index >= 15 is 0 Å². The average molecular weight is 329 g/mol. The van der Waals surface area contributed by atoms with Gasteiger partial charge in [0.25, 0.3) is 10.0 Å². The summed E-state index contributed by atoms with van der Waals surface area (Å²) in [4.78, 5) is 11.0. The number of ether oxygens (including phenoxy) is 1. The molecule has 0 amide bonds. The Hall–Kier alpha value is -1.47. The molecule has 116 valence electrons. The maximum atomic E-state index is 12.1. The standard InChI is InChI=1S/C14H19NO4S2/c1-11-6-8-13(9-7-11)21(17,18)15-14(20)5-3-4-10-19-12(2)16/h6-9H,3-5,10H2,1-2H3,(H,15,20). The van der Waals surface area contributed by atoms with Crippen LogP contribution in [0.25, 0.3) is 0 Å². The summed E-state index contributed by atoms with van der Waals surface area (Å²) in [5.74, 6) is -0.322. The number of aryl methyl sites for hydroxylation is 1. The van der Waals surface area contributed by atoms with E-state index in [9.17, 15) is 13.2 Å². The Labute approximate surface area is 130 Å².